The molecule has 0 aromatic rings. The van der Waals surface area contributed by atoms with Crippen LogP contribution in [0.25, 0.3) is 0 Å². The van der Waals surface area contributed by atoms with E-state index in [0.29, 0.717) is 0 Å². The summed E-state index contributed by atoms with van der Waals surface area (Å²) in [6, 6.07) is 2.46. The standard InChI is InChI=1S/C15H31N3/c1-6-14(4)12-18(5)11-9-10-15(7-2,13-16)17-8-3/h14,17H,6-12H2,1-5H3. The highest BCUT2D eigenvalue weighted by atomic mass is 15.1. The molecule has 0 spiro atoms. The molecular weight excluding hydrogens is 222 g/mol. The molecule has 0 saturated heterocycles. The molecule has 2 unspecified atom stereocenters. The van der Waals surface area contributed by atoms with Crippen LogP contribution in [0.3, 0.4) is 0 Å². The Hall–Kier alpha value is -0.590. The molecule has 1 N–H and O–H groups in total. The second-order valence-electron chi connectivity index (χ2n) is 5.46. The van der Waals surface area contributed by atoms with Gasteiger partial charge >= 0.3 is 0 Å². The molecule has 3 heteroatoms. The van der Waals surface area contributed by atoms with Crippen molar-refractivity contribution in [2.75, 3.05) is 26.7 Å². The third kappa shape index (κ3) is 6.37. The zero-order valence-electron chi connectivity index (χ0n) is 12.9. The molecule has 0 radical (unpaired) electrons. The van der Waals surface area contributed by atoms with E-state index in [1.807, 2.05) is 0 Å². The van der Waals surface area contributed by atoms with Gasteiger partial charge in [0.05, 0.1) is 6.07 Å². The van der Waals surface area contributed by atoms with Crippen LogP contribution in [0.2, 0.25) is 0 Å². The summed E-state index contributed by atoms with van der Waals surface area (Å²) in [5.74, 6) is 0.760. The predicted octanol–water partition coefficient (Wildman–Crippen LogP) is 3.03. The second kappa shape index (κ2) is 9.35. The summed E-state index contributed by atoms with van der Waals surface area (Å²) in [5.41, 5.74) is -0.314. The fourth-order valence-electron chi connectivity index (χ4n) is 2.31. The molecule has 0 heterocycles. The van der Waals surface area contributed by atoms with Crippen molar-refractivity contribution in [3.8, 4) is 6.07 Å². The first-order chi connectivity index (χ1) is 8.53. The van der Waals surface area contributed by atoms with E-state index in [9.17, 15) is 5.26 Å². The van der Waals surface area contributed by atoms with Gasteiger partial charge in [-0.25, -0.2) is 0 Å². The second-order valence-corrected chi connectivity index (χ2v) is 5.46. The smallest absolute Gasteiger partial charge is 0.106 e. The summed E-state index contributed by atoms with van der Waals surface area (Å²) in [7, 11) is 2.18. The van der Waals surface area contributed by atoms with Crippen molar-refractivity contribution < 1.29 is 0 Å². The fourth-order valence-corrected chi connectivity index (χ4v) is 2.31. The normalized spacial score (nSPS) is 16.3. The lowest BCUT2D eigenvalue weighted by Crippen LogP contribution is -2.43. The minimum absolute atomic E-state index is 0.314. The van der Waals surface area contributed by atoms with E-state index in [-0.39, 0.29) is 5.54 Å². The monoisotopic (exact) mass is 253 g/mol. The number of nitrogens with zero attached hydrogens (tertiary/aromatic N) is 2. The first kappa shape index (κ1) is 17.4. The Morgan fingerprint density at radius 2 is 2.00 bits per heavy atom. The third-order valence-electron chi connectivity index (χ3n) is 3.80. The van der Waals surface area contributed by atoms with Gasteiger partial charge in [-0.05, 0) is 45.3 Å². The maximum Gasteiger partial charge on any atom is 0.106 e. The van der Waals surface area contributed by atoms with Crippen molar-refractivity contribution in [3.63, 3.8) is 0 Å². The van der Waals surface area contributed by atoms with E-state index in [0.717, 1.165) is 44.8 Å². The molecule has 0 aliphatic carbocycles. The number of nitriles is 1. The van der Waals surface area contributed by atoms with Crippen LogP contribution >= 0.6 is 0 Å². The molecule has 0 fully saturated rings. The van der Waals surface area contributed by atoms with Gasteiger partial charge < -0.3 is 4.90 Å². The molecule has 3 nitrogen and oxygen atoms in total. The molecule has 106 valence electrons. The Morgan fingerprint density at radius 3 is 2.44 bits per heavy atom. The summed E-state index contributed by atoms with van der Waals surface area (Å²) in [6.07, 6.45) is 4.14. The van der Waals surface area contributed by atoms with Gasteiger partial charge in [0.15, 0.2) is 0 Å². The minimum atomic E-state index is -0.314. The van der Waals surface area contributed by atoms with Gasteiger partial charge in [0.25, 0.3) is 0 Å². The fraction of sp³-hybridized carbons (Fsp3) is 0.933. The van der Waals surface area contributed by atoms with Crippen LogP contribution in [0.1, 0.15) is 53.4 Å². The highest BCUT2D eigenvalue weighted by molar-refractivity contribution is 5.05. The summed E-state index contributed by atoms with van der Waals surface area (Å²) in [4.78, 5) is 2.39. The lowest BCUT2D eigenvalue weighted by molar-refractivity contribution is 0.262. The van der Waals surface area contributed by atoms with E-state index in [1.165, 1.54) is 6.42 Å². The summed E-state index contributed by atoms with van der Waals surface area (Å²) >= 11 is 0. The van der Waals surface area contributed by atoms with E-state index in [2.05, 4.69) is 51.0 Å². The molecule has 0 amide bonds. The van der Waals surface area contributed by atoms with E-state index < -0.39 is 0 Å². The van der Waals surface area contributed by atoms with Gasteiger partial charge in [0, 0.05) is 6.54 Å². The van der Waals surface area contributed by atoms with Crippen molar-refractivity contribution in [3.05, 3.63) is 0 Å². The van der Waals surface area contributed by atoms with Gasteiger partial charge in [0.2, 0.25) is 0 Å². The van der Waals surface area contributed by atoms with Gasteiger partial charge in [-0.2, -0.15) is 5.26 Å². The maximum atomic E-state index is 9.33. The summed E-state index contributed by atoms with van der Waals surface area (Å²) < 4.78 is 0. The van der Waals surface area contributed by atoms with Crippen LogP contribution in [0.4, 0.5) is 0 Å². The number of hydrogen-bond acceptors (Lipinski definition) is 3. The van der Waals surface area contributed by atoms with E-state index in [1.54, 1.807) is 0 Å². The average molecular weight is 253 g/mol. The molecule has 0 bridgehead atoms. The van der Waals surface area contributed by atoms with Crippen LogP contribution in [0, 0.1) is 17.2 Å². The molecule has 0 aromatic carbocycles. The van der Waals surface area contributed by atoms with Gasteiger partial charge in [-0.1, -0.05) is 34.1 Å². The quantitative estimate of drug-likeness (QED) is 0.650. The van der Waals surface area contributed by atoms with Crippen LogP contribution < -0.4 is 5.32 Å². The minimum Gasteiger partial charge on any atom is -0.306 e. The first-order valence-corrected chi connectivity index (χ1v) is 7.38. The van der Waals surface area contributed by atoms with Crippen molar-refractivity contribution in [2.45, 2.75) is 58.9 Å². The molecule has 2 atom stereocenters. The highest BCUT2D eigenvalue weighted by Crippen LogP contribution is 2.17. The SMILES string of the molecule is CCNC(C#N)(CC)CCCN(C)CC(C)CC. The van der Waals surface area contributed by atoms with Crippen LogP contribution in [-0.2, 0) is 0 Å². The molecule has 0 aromatic heterocycles. The Bertz CT molecular complexity index is 247. The third-order valence-corrected chi connectivity index (χ3v) is 3.80. The summed E-state index contributed by atoms with van der Waals surface area (Å²) in [6.45, 7) is 11.8. The lowest BCUT2D eigenvalue weighted by Gasteiger charge is -2.27. The van der Waals surface area contributed by atoms with Crippen molar-refractivity contribution in [2.24, 2.45) is 5.92 Å². The molecule has 0 rings (SSSR count). The molecule has 0 aliphatic rings. The Balaban J connectivity index is 4.03. The average Bonchev–Trinajstić information content (AvgIpc) is 2.37. The van der Waals surface area contributed by atoms with Crippen molar-refractivity contribution in [1.29, 1.82) is 5.26 Å². The summed E-state index contributed by atoms with van der Waals surface area (Å²) in [5, 5.41) is 12.7. The first-order valence-electron chi connectivity index (χ1n) is 7.38. The molecule has 0 saturated carbocycles. The van der Waals surface area contributed by atoms with Crippen LogP contribution in [-0.4, -0.2) is 37.1 Å². The van der Waals surface area contributed by atoms with Gasteiger partial charge in [0.1, 0.15) is 5.54 Å². The lowest BCUT2D eigenvalue weighted by atomic mass is 9.92. The van der Waals surface area contributed by atoms with Crippen LogP contribution in [0.15, 0.2) is 0 Å². The maximum absolute atomic E-state index is 9.33. The van der Waals surface area contributed by atoms with Crippen molar-refractivity contribution >= 4 is 0 Å². The van der Waals surface area contributed by atoms with E-state index >= 15 is 0 Å². The zero-order valence-corrected chi connectivity index (χ0v) is 12.9. The largest absolute Gasteiger partial charge is 0.306 e. The number of rotatable bonds is 10. The Labute approximate surface area is 114 Å². The number of hydrogen-bond donors (Lipinski definition) is 1. The topological polar surface area (TPSA) is 39.1 Å². The Morgan fingerprint density at radius 1 is 1.33 bits per heavy atom. The predicted molar refractivity (Wildman–Crippen MR) is 78.5 cm³/mol. The highest BCUT2D eigenvalue weighted by Gasteiger charge is 2.25. The van der Waals surface area contributed by atoms with Gasteiger partial charge in [-0.15, -0.1) is 0 Å². The van der Waals surface area contributed by atoms with Crippen LogP contribution in [0.5, 0.6) is 0 Å². The molecule has 18 heavy (non-hydrogen) atoms. The zero-order chi connectivity index (χ0) is 14.0. The molecular formula is C15H31N3. The van der Waals surface area contributed by atoms with Gasteiger partial charge in [-0.3, -0.25) is 5.32 Å². The molecule has 0 aliphatic heterocycles. The van der Waals surface area contributed by atoms with E-state index in [4.69, 9.17) is 0 Å². The Kier molecular flexibility index (Phi) is 9.05. The number of nitrogens with one attached hydrogen (secondary N) is 1. The van der Waals surface area contributed by atoms with Crippen molar-refractivity contribution in [1.82, 2.24) is 10.2 Å².